The molecule has 0 radical (unpaired) electrons. The Bertz CT molecular complexity index is 992. The van der Waals surface area contributed by atoms with E-state index in [-0.39, 0.29) is 25.2 Å². The number of hydrogen-bond donors (Lipinski definition) is 0. The van der Waals surface area contributed by atoms with Gasteiger partial charge in [0.1, 0.15) is 5.69 Å². The van der Waals surface area contributed by atoms with Crippen LogP contribution >= 0.6 is 23.2 Å². The van der Waals surface area contributed by atoms with Gasteiger partial charge in [-0.1, -0.05) is 29.3 Å². The molecule has 4 nitrogen and oxygen atoms in total. The molecule has 2 aromatic rings. The number of rotatable bonds is 3. The standard InChI is InChI=1S/C14H7Cl2F7N2O2/c1-24-8(12(17,18)13(19,20)14(21,22)23)5-9(26)25(11(24)27)10-6(15)3-2-4-7(10)16/h2-5H,1H3. The topological polar surface area (TPSA) is 44.0 Å². The third-order valence-electron chi connectivity index (χ3n) is 3.55. The summed E-state index contributed by atoms with van der Waals surface area (Å²) in [6.45, 7) is 0. The van der Waals surface area contributed by atoms with Crippen molar-refractivity contribution >= 4 is 23.2 Å². The maximum absolute atomic E-state index is 13.9. The second-order valence-corrected chi connectivity index (χ2v) is 6.08. The molecule has 0 aliphatic heterocycles. The van der Waals surface area contributed by atoms with Gasteiger partial charge in [0.05, 0.1) is 15.7 Å². The summed E-state index contributed by atoms with van der Waals surface area (Å²) in [4.78, 5) is 24.4. The SMILES string of the molecule is Cn1c(C(F)(F)C(F)(F)C(F)(F)F)cc(=O)n(-c2c(Cl)cccc2Cl)c1=O. The molecule has 0 spiro atoms. The molecule has 0 unspecified atom stereocenters. The fourth-order valence-electron chi connectivity index (χ4n) is 2.17. The normalized spacial score (nSPS) is 13.1. The van der Waals surface area contributed by atoms with E-state index in [1.165, 1.54) is 18.2 Å². The van der Waals surface area contributed by atoms with Crippen LogP contribution in [0, 0.1) is 0 Å². The second kappa shape index (κ2) is 6.55. The fourth-order valence-corrected chi connectivity index (χ4v) is 2.74. The van der Waals surface area contributed by atoms with Gasteiger partial charge in [-0.25, -0.2) is 9.36 Å². The maximum atomic E-state index is 13.9. The van der Waals surface area contributed by atoms with Gasteiger partial charge in [0.15, 0.2) is 0 Å². The van der Waals surface area contributed by atoms with Crippen molar-refractivity contribution in [2.45, 2.75) is 18.0 Å². The summed E-state index contributed by atoms with van der Waals surface area (Å²) in [5.74, 6) is -12.4. The summed E-state index contributed by atoms with van der Waals surface area (Å²) in [5.41, 5.74) is -5.84. The molecule has 2 rings (SSSR count). The Morgan fingerprint density at radius 1 is 0.926 bits per heavy atom. The maximum Gasteiger partial charge on any atom is 0.460 e. The van der Waals surface area contributed by atoms with Crippen LogP contribution in [0.5, 0.6) is 0 Å². The molecule has 0 aliphatic rings. The molecule has 0 saturated carbocycles. The van der Waals surface area contributed by atoms with Gasteiger partial charge in [0, 0.05) is 13.1 Å². The van der Waals surface area contributed by atoms with E-state index < -0.39 is 40.7 Å². The molecule has 1 aromatic carbocycles. The number of hydrogen-bond acceptors (Lipinski definition) is 2. The van der Waals surface area contributed by atoms with Crippen molar-refractivity contribution in [1.29, 1.82) is 0 Å². The summed E-state index contributed by atoms with van der Waals surface area (Å²) in [7, 11) is 0.499. The monoisotopic (exact) mass is 438 g/mol. The molecule has 1 aromatic heterocycles. The first-order valence-electron chi connectivity index (χ1n) is 6.75. The molecule has 27 heavy (non-hydrogen) atoms. The van der Waals surface area contributed by atoms with Crippen LogP contribution in [0.1, 0.15) is 5.69 Å². The Hall–Kier alpha value is -2.01. The molecule has 148 valence electrons. The lowest BCUT2D eigenvalue weighted by molar-refractivity contribution is -0.361. The largest absolute Gasteiger partial charge is 0.460 e. The lowest BCUT2D eigenvalue weighted by atomic mass is 10.1. The quantitative estimate of drug-likeness (QED) is 0.676. The molecule has 0 atom stereocenters. The van der Waals surface area contributed by atoms with Crippen LogP contribution in [-0.2, 0) is 13.0 Å². The van der Waals surface area contributed by atoms with Crippen molar-refractivity contribution in [1.82, 2.24) is 9.13 Å². The minimum atomic E-state index is -6.63. The van der Waals surface area contributed by atoms with Crippen molar-refractivity contribution in [3.05, 3.63) is 60.8 Å². The number of benzene rings is 1. The zero-order valence-electron chi connectivity index (χ0n) is 12.9. The first kappa shape index (κ1) is 21.3. The summed E-state index contributed by atoms with van der Waals surface area (Å²) in [5, 5.41) is -0.524. The van der Waals surface area contributed by atoms with E-state index in [1.54, 1.807) is 0 Å². The van der Waals surface area contributed by atoms with Gasteiger partial charge < -0.3 is 0 Å². The van der Waals surface area contributed by atoms with E-state index in [0.717, 1.165) is 0 Å². The number of aromatic nitrogens is 2. The van der Waals surface area contributed by atoms with Crippen molar-refractivity contribution in [2.24, 2.45) is 7.05 Å². The number of para-hydroxylation sites is 1. The molecule has 13 heteroatoms. The van der Waals surface area contributed by atoms with Gasteiger partial charge in [-0.3, -0.25) is 9.36 Å². The second-order valence-electron chi connectivity index (χ2n) is 5.26. The predicted octanol–water partition coefficient (Wildman–Crippen LogP) is 4.13. The van der Waals surface area contributed by atoms with E-state index in [2.05, 4.69) is 0 Å². The van der Waals surface area contributed by atoms with Crippen LogP contribution in [0.3, 0.4) is 0 Å². The van der Waals surface area contributed by atoms with Crippen LogP contribution < -0.4 is 11.2 Å². The molecule has 0 aliphatic carbocycles. The van der Waals surface area contributed by atoms with Crippen molar-refractivity contribution < 1.29 is 30.7 Å². The third-order valence-corrected chi connectivity index (χ3v) is 4.16. The number of alkyl halides is 7. The highest BCUT2D eigenvalue weighted by atomic mass is 35.5. The van der Waals surface area contributed by atoms with Crippen LogP contribution in [0.4, 0.5) is 30.7 Å². The summed E-state index contributed by atoms with van der Waals surface area (Å²) < 4.78 is 91.4. The molecule has 1 heterocycles. The van der Waals surface area contributed by atoms with E-state index in [1.807, 2.05) is 0 Å². The van der Waals surface area contributed by atoms with Crippen LogP contribution in [0.2, 0.25) is 10.0 Å². The Kier molecular flexibility index (Phi) is 5.17. The summed E-state index contributed by atoms with van der Waals surface area (Å²) >= 11 is 11.6. The van der Waals surface area contributed by atoms with Gasteiger partial charge in [-0.2, -0.15) is 30.7 Å². The van der Waals surface area contributed by atoms with E-state index in [4.69, 9.17) is 23.2 Å². The first-order valence-corrected chi connectivity index (χ1v) is 7.50. The molecular weight excluding hydrogens is 432 g/mol. The Balaban J connectivity index is 2.84. The Morgan fingerprint density at radius 3 is 1.85 bits per heavy atom. The number of nitrogens with zero attached hydrogens (tertiary/aromatic N) is 2. The van der Waals surface area contributed by atoms with Gasteiger partial charge in [-0.05, 0) is 12.1 Å². The van der Waals surface area contributed by atoms with Gasteiger partial charge >= 0.3 is 23.7 Å². The highest BCUT2D eigenvalue weighted by molar-refractivity contribution is 6.37. The highest BCUT2D eigenvalue weighted by Gasteiger charge is 2.74. The summed E-state index contributed by atoms with van der Waals surface area (Å²) in [6, 6.07) is 3.50. The molecule has 0 bridgehead atoms. The Morgan fingerprint density at radius 2 is 1.41 bits per heavy atom. The van der Waals surface area contributed by atoms with Crippen molar-refractivity contribution in [3.63, 3.8) is 0 Å². The zero-order valence-corrected chi connectivity index (χ0v) is 14.4. The van der Waals surface area contributed by atoms with Gasteiger partial charge in [0.2, 0.25) is 0 Å². The third kappa shape index (κ3) is 3.22. The average Bonchev–Trinajstić information content (AvgIpc) is 2.52. The molecule has 0 saturated heterocycles. The number of halogens is 9. The fraction of sp³-hybridized carbons (Fsp3) is 0.286. The van der Waals surface area contributed by atoms with Crippen LogP contribution in [0.15, 0.2) is 33.9 Å². The first-order chi connectivity index (χ1) is 12.1. The van der Waals surface area contributed by atoms with E-state index in [0.29, 0.717) is 7.05 Å². The lowest BCUT2D eigenvalue weighted by Gasteiger charge is -2.29. The smallest absolute Gasteiger partial charge is 0.294 e. The van der Waals surface area contributed by atoms with E-state index in [9.17, 15) is 40.3 Å². The highest BCUT2D eigenvalue weighted by Crippen LogP contribution is 2.51. The molecule has 0 N–H and O–H groups in total. The van der Waals surface area contributed by atoms with Crippen molar-refractivity contribution in [3.8, 4) is 5.69 Å². The van der Waals surface area contributed by atoms with Crippen molar-refractivity contribution in [2.75, 3.05) is 0 Å². The Labute approximate surface area is 155 Å². The van der Waals surface area contributed by atoms with Crippen LogP contribution in [0.25, 0.3) is 5.69 Å². The predicted molar refractivity (Wildman–Crippen MR) is 82.2 cm³/mol. The van der Waals surface area contributed by atoms with Gasteiger partial charge in [0.25, 0.3) is 5.56 Å². The lowest BCUT2D eigenvalue weighted by Crippen LogP contribution is -2.53. The zero-order chi connectivity index (χ0) is 20.9. The minimum Gasteiger partial charge on any atom is -0.294 e. The van der Waals surface area contributed by atoms with Crippen LogP contribution in [-0.4, -0.2) is 21.2 Å². The molecule has 0 amide bonds. The molecule has 0 fully saturated rings. The average molecular weight is 439 g/mol. The van der Waals surface area contributed by atoms with E-state index >= 15 is 0 Å². The molecular formula is C14H7Cl2F7N2O2. The van der Waals surface area contributed by atoms with Gasteiger partial charge in [-0.15, -0.1) is 0 Å². The summed E-state index contributed by atoms with van der Waals surface area (Å²) in [6.07, 6.45) is -6.63. The minimum absolute atomic E-state index is 0.177.